The first-order chi connectivity index (χ1) is 14.6. The predicted octanol–water partition coefficient (Wildman–Crippen LogP) is 5.39. The van der Waals surface area contributed by atoms with Gasteiger partial charge in [-0.3, -0.25) is 15.1 Å². The van der Waals surface area contributed by atoms with Gasteiger partial charge in [0.1, 0.15) is 23.2 Å². The topological polar surface area (TPSA) is 69.7 Å². The van der Waals surface area contributed by atoms with Gasteiger partial charge >= 0.3 is 0 Å². The van der Waals surface area contributed by atoms with Crippen LogP contribution in [0.2, 0.25) is 0 Å². The molecule has 2 aliphatic heterocycles. The van der Waals surface area contributed by atoms with Crippen LogP contribution in [-0.4, -0.2) is 21.8 Å². The number of amides is 1. The third kappa shape index (κ3) is 3.19. The normalized spacial score (nSPS) is 17.2. The number of carbonyl (C=O) groups is 1. The summed E-state index contributed by atoms with van der Waals surface area (Å²) >= 11 is 1.32. The van der Waals surface area contributed by atoms with Crippen LogP contribution in [0.4, 0.5) is 4.39 Å². The zero-order valence-corrected chi connectivity index (χ0v) is 16.3. The molecule has 1 N–H and O–H groups in total. The van der Waals surface area contributed by atoms with Crippen LogP contribution in [0.15, 0.2) is 87.1 Å². The monoisotopic (exact) mass is 415 g/mol. The lowest BCUT2D eigenvalue weighted by atomic mass is 10.1. The van der Waals surface area contributed by atoms with Crippen LogP contribution in [-0.2, 0) is 4.79 Å². The second-order valence-electron chi connectivity index (χ2n) is 6.64. The summed E-state index contributed by atoms with van der Waals surface area (Å²) in [4.78, 5) is 18.4. The van der Waals surface area contributed by atoms with Crippen LogP contribution in [0.25, 0.3) is 23.1 Å². The van der Waals surface area contributed by atoms with Crippen LogP contribution in [0, 0.1) is 11.2 Å². The summed E-state index contributed by atoms with van der Waals surface area (Å²) < 4.78 is 18.9. The predicted molar refractivity (Wildman–Crippen MR) is 116 cm³/mol. The van der Waals surface area contributed by atoms with Crippen molar-refractivity contribution in [1.82, 2.24) is 4.90 Å². The van der Waals surface area contributed by atoms with Crippen molar-refractivity contribution in [2.75, 3.05) is 0 Å². The summed E-state index contributed by atoms with van der Waals surface area (Å²) in [6, 6.07) is 19.1. The van der Waals surface area contributed by atoms with E-state index in [9.17, 15) is 9.18 Å². The summed E-state index contributed by atoms with van der Waals surface area (Å²) in [7, 11) is 0. The molecule has 0 bridgehead atoms. The minimum Gasteiger partial charge on any atom is -0.457 e. The van der Waals surface area contributed by atoms with Gasteiger partial charge in [-0.25, -0.2) is 4.39 Å². The van der Waals surface area contributed by atoms with E-state index >= 15 is 0 Å². The molecular formula is C23H14FN3O2S. The average molecular weight is 415 g/mol. The third-order valence-electron chi connectivity index (χ3n) is 4.73. The Hall–Kier alpha value is -3.71. The van der Waals surface area contributed by atoms with Crippen molar-refractivity contribution in [3.8, 4) is 11.3 Å². The number of thioether (sulfide) groups is 1. The van der Waals surface area contributed by atoms with Gasteiger partial charge in [-0.1, -0.05) is 42.1 Å². The Kier molecular flexibility index (Phi) is 4.44. The van der Waals surface area contributed by atoms with Crippen LogP contribution in [0.3, 0.4) is 0 Å². The maximum atomic E-state index is 13.1. The Morgan fingerprint density at radius 3 is 2.53 bits per heavy atom. The van der Waals surface area contributed by atoms with Crippen molar-refractivity contribution in [3.63, 3.8) is 0 Å². The number of halogens is 1. The van der Waals surface area contributed by atoms with Gasteiger partial charge in [0, 0.05) is 11.0 Å². The summed E-state index contributed by atoms with van der Waals surface area (Å²) in [6.45, 7) is 0. The lowest BCUT2D eigenvalue weighted by Gasteiger charge is -2.26. The van der Waals surface area contributed by atoms with Gasteiger partial charge < -0.3 is 4.42 Å². The van der Waals surface area contributed by atoms with Crippen molar-refractivity contribution in [1.29, 1.82) is 5.41 Å². The van der Waals surface area contributed by atoms with Gasteiger partial charge in [-0.2, -0.15) is 4.99 Å². The van der Waals surface area contributed by atoms with Crippen molar-refractivity contribution in [2.24, 2.45) is 4.99 Å². The zero-order valence-electron chi connectivity index (χ0n) is 15.5. The molecule has 1 amide bonds. The number of furan rings is 1. The van der Waals surface area contributed by atoms with Crippen LogP contribution >= 0.6 is 11.8 Å². The molecule has 2 aromatic carbocycles. The number of aliphatic imine (C=N–C) groups is 1. The Morgan fingerprint density at radius 2 is 1.77 bits per heavy atom. The quantitative estimate of drug-likeness (QED) is 0.583. The second-order valence-corrected chi connectivity index (χ2v) is 7.47. The number of hydrogen-bond acceptors (Lipinski definition) is 4. The zero-order chi connectivity index (χ0) is 20.7. The average Bonchev–Trinajstić information content (AvgIpc) is 3.39. The first-order valence-electron chi connectivity index (χ1n) is 9.12. The number of nitrogens with zero attached hydrogens (tertiary/aromatic N) is 2. The molecule has 0 atom stereocenters. The minimum absolute atomic E-state index is 0.0461. The second kappa shape index (κ2) is 7.27. The Balaban J connectivity index is 1.48. The van der Waals surface area contributed by atoms with E-state index in [1.165, 1.54) is 30.0 Å². The van der Waals surface area contributed by atoms with E-state index in [4.69, 9.17) is 9.83 Å². The third-order valence-corrected chi connectivity index (χ3v) is 5.55. The van der Waals surface area contributed by atoms with Gasteiger partial charge in [0.05, 0.1) is 11.3 Å². The molecule has 0 saturated carbocycles. The Labute approximate surface area is 175 Å². The van der Waals surface area contributed by atoms with Crippen molar-refractivity contribution in [2.45, 2.75) is 0 Å². The molecule has 30 heavy (non-hydrogen) atoms. The van der Waals surface area contributed by atoms with E-state index in [-0.39, 0.29) is 17.2 Å². The molecule has 5 nitrogen and oxygen atoms in total. The minimum atomic E-state index is -0.485. The maximum absolute atomic E-state index is 13.1. The number of rotatable bonds is 3. The maximum Gasteiger partial charge on any atom is 0.283 e. The molecular weight excluding hydrogens is 401 g/mol. The highest BCUT2D eigenvalue weighted by Crippen LogP contribution is 2.37. The van der Waals surface area contributed by atoms with Gasteiger partial charge in [0.25, 0.3) is 5.91 Å². The summed E-state index contributed by atoms with van der Waals surface area (Å²) in [5.41, 5.74) is 2.60. The van der Waals surface area contributed by atoms with E-state index < -0.39 is 5.91 Å². The first-order valence-corrected chi connectivity index (χ1v) is 10.00. The lowest BCUT2D eigenvalue weighted by molar-refractivity contribution is -0.114. The molecule has 0 saturated heterocycles. The molecule has 2 aliphatic rings. The number of amidine groups is 2. The van der Waals surface area contributed by atoms with Gasteiger partial charge in [-0.05, 0) is 48.0 Å². The highest BCUT2D eigenvalue weighted by atomic mass is 32.2. The van der Waals surface area contributed by atoms with Gasteiger partial charge in [0.2, 0.25) is 0 Å². The fraction of sp³-hybridized carbons (Fsp3) is 0. The SMILES string of the molecule is N=C1/C(=C\c2ccc(-c3ccc(F)cc3)o2)C(=O)N=C2SC=C(c3ccccc3)N12. The lowest BCUT2D eigenvalue weighted by Crippen LogP contribution is -2.37. The van der Waals surface area contributed by atoms with Crippen molar-refractivity contribution < 1.29 is 13.6 Å². The molecule has 0 fully saturated rings. The Morgan fingerprint density at radius 1 is 1.00 bits per heavy atom. The molecule has 3 aromatic rings. The van der Waals surface area contributed by atoms with Gasteiger partial charge in [-0.15, -0.1) is 0 Å². The van der Waals surface area contributed by atoms with E-state index in [0.29, 0.717) is 16.7 Å². The number of nitrogens with one attached hydrogen (secondary N) is 1. The number of hydrogen-bond donors (Lipinski definition) is 1. The fourth-order valence-corrected chi connectivity index (χ4v) is 4.15. The highest BCUT2D eigenvalue weighted by molar-refractivity contribution is 8.17. The van der Waals surface area contributed by atoms with Crippen LogP contribution in [0.5, 0.6) is 0 Å². The number of benzene rings is 2. The van der Waals surface area contributed by atoms with E-state index in [1.807, 2.05) is 35.7 Å². The standard InChI is InChI=1S/C23H14FN3O2S/c24-16-8-6-15(7-9-16)20-11-10-17(29-20)12-18-21(25)27-19(14-4-2-1-3-5-14)13-30-23(27)26-22(18)28/h1-13,25H/b18-12+,25-21?. The molecule has 1 aromatic heterocycles. The molecule has 0 unspecified atom stereocenters. The molecule has 3 heterocycles. The molecule has 7 heteroatoms. The summed E-state index contributed by atoms with van der Waals surface area (Å²) in [6.07, 6.45) is 1.52. The highest BCUT2D eigenvalue weighted by Gasteiger charge is 2.36. The first kappa shape index (κ1) is 18.3. The largest absolute Gasteiger partial charge is 0.457 e. The van der Waals surface area contributed by atoms with Crippen molar-refractivity contribution >= 4 is 40.4 Å². The Bertz CT molecular complexity index is 1260. The number of carbonyl (C=O) groups excluding carboxylic acids is 1. The number of fused-ring (bicyclic) bond motifs is 1. The van der Waals surface area contributed by atoms with Crippen LogP contribution in [0.1, 0.15) is 11.3 Å². The van der Waals surface area contributed by atoms with Gasteiger partial charge in [0.15, 0.2) is 5.17 Å². The molecule has 0 radical (unpaired) electrons. The van der Waals surface area contributed by atoms with E-state index in [0.717, 1.165) is 16.8 Å². The summed E-state index contributed by atoms with van der Waals surface area (Å²) in [5.74, 6) is 0.194. The molecule has 146 valence electrons. The molecule has 5 rings (SSSR count). The van der Waals surface area contributed by atoms with E-state index in [1.54, 1.807) is 29.2 Å². The molecule has 0 aliphatic carbocycles. The van der Waals surface area contributed by atoms with Crippen LogP contribution < -0.4 is 0 Å². The van der Waals surface area contributed by atoms with E-state index in [2.05, 4.69) is 4.99 Å². The fourth-order valence-electron chi connectivity index (χ4n) is 3.26. The van der Waals surface area contributed by atoms with Crippen molar-refractivity contribution in [3.05, 3.63) is 94.9 Å². The summed E-state index contributed by atoms with van der Waals surface area (Å²) in [5, 5.41) is 11.0. The molecule has 0 spiro atoms. The smallest absolute Gasteiger partial charge is 0.283 e.